The zero-order chi connectivity index (χ0) is 21.1. The SMILES string of the molecule is COC(=O)[C@@H](Cc1c[nH]c2ccccc12)NC(=O)c1cc(-c2ccc(Br)cc2)n[nH]1. The fourth-order valence-electron chi connectivity index (χ4n) is 3.30. The van der Waals surface area contributed by atoms with Gasteiger partial charge in [0.2, 0.25) is 0 Å². The van der Waals surface area contributed by atoms with Gasteiger partial charge in [-0.15, -0.1) is 0 Å². The molecule has 1 amide bonds. The Morgan fingerprint density at radius 3 is 2.70 bits per heavy atom. The molecule has 0 saturated heterocycles. The molecule has 1 atom stereocenters. The first-order valence-corrected chi connectivity index (χ1v) is 10.1. The fourth-order valence-corrected chi connectivity index (χ4v) is 3.56. The summed E-state index contributed by atoms with van der Waals surface area (Å²) in [5.41, 5.74) is 3.66. The minimum Gasteiger partial charge on any atom is -0.467 e. The third-order valence-electron chi connectivity index (χ3n) is 4.85. The lowest BCUT2D eigenvalue weighted by molar-refractivity contribution is -0.142. The van der Waals surface area contributed by atoms with Crippen LogP contribution in [-0.2, 0) is 16.0 Å². The van der Waals surface area contributed by atoms with Gasteiger partial charge in [0.1, 0.15) is 11.7 Å². The van der Waals surface area contributed by atoms with E-state index in [0.717, 1.165) is 26.5 Å². The summed E-state index contributed by atoms with van der Waals surface area (Å²) in [5.74, 6) is -0.942. The van der Waals surface area contributed by atoms with Crippen molar-refractivity contribution < 1.29 is 14.3 Å². The number of nitrogens with zero attached hydrogens (tertiary/aromatic N) is 1. The third-order valence-corrected chi connectivity index (χ3v) is 5.38. The van der Waals surface area contributed by atoms with E-state index in [1.165, 1.54) is 7.11 Å². The minimum absolute atomic E-state index is 0.265. The van der Waals surface area contributed by atoms with Gasteiger partial charge >= 0.3 is 5.97 Å². The predicted octanol–water partition coefficient (Wildman–Crippen LogP) is 3.83. The minimum atomic E-state index is -0.832. The maximum atomic E-state index is 12.8. The number of amides is 1. The summed E-state index contributed by atoms with van der Waals surface area (Å²) in [7, 11) is 1.30. The summed E-state index contributed by atoms with van der Waals surface area (Å²) < 4.78 is 5.86. The van der Waals surface area contributed by atoms with Gasteiger partial charge in [0, 0.05) is 33.6 Å². The first-order chi connectivity index (χ1) is 14.5. The molecule has 7 nitrogen and oxygen atoms in total. The monoisotopic (exact) mass is 466 g/mol. The molecule has 0 saturated carbocycles. The Kier molecular flexibility index (Phi) is 5.67. The van der Waals surface area contributed by atoms with E-state index in [9.17, 15) is 9.59 Å². The van der Waals surface area contributed by atoms with Crippen molar-refractivity contribution in [2.75, 3.05) is 7.11 Å². The molecule has 2 heterocycles. The van der Waals surface area contributed by atoms with Crippen molar-refractivity contribution in [1.29, 1.82) is 0 Å². The van der Waals surface area contributed by atoms with E-state index in [1.807, 2.05) is 54.7 Å². The molecule has 3 N–H and O–H groups in total. The number of hydrogen-bond acceptors (Lipinski definition) is 4. The Balaban J connectivity index is 1.53. The normalized spacial score (nSPS) is 11.9. The van der Waals surface area contributed by atoms with Gasteiger partial charge in [-0.05, 0) is 29.8 Å². The number of halogens is 1. The number of rotatable bonds is 6. The van der Waals surface area contributed by atoms with E-state index in [0.29, 0.717) is 12.1 Å². The number of H-pyrrole nitrogens is 2. The number of carbonyl (C=O) groups is 2. The Labute approximate surface area is 181 Å². The summed E-state index contributed by atoms with van der Waals surface area (Å²) in [6, 6.07) is 16.2. The second-order valence-corrected chi connectivity index (χ2v) is 7.70. The van der Waals surface area contributed by atoms with E-state index in [2.05, 4.69) is 36.4 Å². The van der Waals surface area contributed by atoms with Crippen LogP contribution in [0.3, 0.4) is 0 Å². The van der Waals surface area contributed by atoms with E-state index in [1.54, 1.807) is 6.07 Å². The molecule has 30 heavy (non-hydrogen) atoms. The van der Waals surface area contributed by atoms with E-state index >= 15 is 0 Å². The van der Waals surface area contributed by atoms with Gasteiger partial charge in [-0.3, -0.25) is 9.89 Å². The zero-order valence-corrected chi connectivity index (χ0v) is 17.7. The second-order valence-electron chi connectivity index (χ2n) is 6.79. The van der Waals surface area contributed by atoms with Crippen LogP contribution in [-0.4, -0.2) is 40.2 Å². The number of fused-ring (bicyclic) bond motifs is 1. The van der Waals surface area contributed by atoms with Crippen molar-refractivity contribution in [3.8, 4) is 11.3 Å². The number of hydrogen-bond donors (Lipinski definition) is 3. The number of esters is 1. The second kappa shape index (κ2) is 8.54. The van der Waals surface area contributed by atoms with Crippen molar-refractivity contribution >= 4 is 38.7 Å². The fraction of sp³-hybridized carbons (Fsp3) is 0.136. The van der Waals surface area contributed by atoms with Crippen LogP contribution in [0, 0.1) is 0 Å². The molecule has 0 aliphatic heterocycles. The lowest BCUT2D eigenvalue weighted by atomic mass is 10.0. The molecule has 0 aliphatic rings. The van der Waals surface area contributed by atoms with Gasteiger partial charge < -0.3 is 15.0 Å². The van der Waals surface area contributed by atoms with Crippen molar-refractivity contribution in [1.82, 2.24) is 20.5 Å². The van der Waals surface area contributed by atoms with Crippen LogP contribution in [0.25, 0.3) is 22.2 Å². The number of benzene rings is 2. The number of carbonyl (C=O) groups excluding carboxylic acids is 2. The summed E-state index contributed by atoms with van der Waals surface area (Å²) >= 11 is 3.39. The molecule has 152 valence electrons. The lowest BCUT2D eigenvalue weighted by Gasteiger charge is -2.15. The van der Waals surface area contributed by atoms with Gasteiger partial charge in [-0.1, -0.05) is 46.3 Å². The van der Waals surface area contributed by atoms with Crippen LogP contribution in [0.4, 0.5) is 0 Å². The van der Waals surface area contributed by atoms with E-state index < -0.39 is 17.9 Å². The first kappa shape index (κ1) is 19.9. The average molecular weight is 467 g/mol. The Hall–Kier alpha value is -3.39. The predicted molar refractivity (Wildman–Crippen MR) is 117 cm³/mol. The van der Waals surface area contributed by atoms with Crippen LogP contribution in [0.2, 0.25) is 0 Å². The summed E-state index contributed by atoms with van der Waals surface area (Å²) in [5, 5.41) is 10.7. The third kappa shape index (κ3) is 4.13. The summed E-state index contributed by atoms with van der Waals surface area (Å²) in [6.07, 6.45) is 2.14. The number of para-hydroxylation sites is 1. The highest BCUT2D eigenvalue weighted by atomic mass is 79.9. The van der Waals surface area contributed by atoms with Gasteiger partial charge in [0.15, 0.2) is 0 Å². The van der Waals surface area contributed by atoms with Gasteiger partial charge in [0.05, 0.1) is 12.8 Å². The molecule has 0 aliphatic carbocycles. The maximum Gasteiger partial charge on any atom is 0.328 e. The molecule has 0 radical (unpaired) electrons. The quantitative estimate of drug-likeness (QED) is 0.376. The van der Waals surface area contributed by atoms with Crippen molar-refractivity contribution in [2.24, 2.45) is 0 Å². The van der Waals surface area contributed by atoms with Crippen molar-refractivity contribution in [2.45, 2.75) is 12.5 Å². The van der Waals surface area contributed by atoms with Crippen LogP contribution in [0.15, 0.2) is 65.3 Å². The average Bonchev–Trinajstić information content (AvgIpc) is 3.41. The highest BCUT2D eigenvalue weighted by molar-refractivity contribution is 9.10. The standard InChI is InChI=1S/C22H19BrN4O3/c1-30-22(29)20(10-14-12-24-17-5-3-2-4-16(14)17)25-21(28)19-11-18(26-27-19)13-6-8-15(23)9-7-13/h2-9,11-12,20,24H,10H2,1H3,(H,25,28)(H,26,27)/t20-/m1/s1. The summed E-state index contributed by atoms with van der Waals surface area (Å²) in [4.78, 5) is 28.3. The number of aromatic nitrogens is 3. The number of aromatic amines is 2. The lowest BCUT2D eigenvalue weighted by Crippen LogP contribution is -2.43. The number of ether oxygens (including phenoxy) is 1. The molecule has 0 fully saturated rings. The van der Waals surface area contributed by atoms with Gasteiger partial charge in [-0.2, -0.15) is 5.10 Å². The Morgan fingerprint density at radius 1 is 1.17 bits per heavy atom. The number of methoxy groups -OCH3 is 1. The Bertz CT molecular complexity index is 1200. The molecule has 0 spiro atoms. The summed E-state index contributed by atoms with van der Waals surface area (Å²) in [6.45, 7) is 0. The molecule has 4 rings (SSSR count). The molecule has 4 aromatic rings. The van der Waals surface area contributed by atoms with Crippen LogP contribution < -0.4 is 5.32 Å². The molecule has 0 bridgehead atoms. The molecular weight excluding hydrogens is 448 g/mol. The van der Waals surface area contributed by atoms with E-state index in [-0.39, 0.29) is 5.69 Å². The van der Waals surface area contributed by atoms with Gasteiger partial charge in [0.25, 0.3) is 5.91 Å². The van der Waals surface area contributed by atoms with Crippen molar-refractivity contribution in [3.63, 3.8) is 0 Å². The number of nitrogens with one attached hydrogen (secondary N) is 3. The van der Waals surface area contributed by atoms with Crippen LogP contribution >= 0.6 is 15.9 Å². The Morgan fingerprint density at radius 2 is 1.93 bits per heavy atom. The maximum absolute atomic E-state index is 12.8. The van der Waals surface area contributed by atoms with E-state index in [4.69, 9.17) is 4.74 Å². The van der Waals surface area contributed by atoms with Crippen molar-refractivity contribution in [3.05, 3.63) is 76.5 Å². The van der Waals surface area contributed by atoms with Gasteiger partial charge in [-0.25, -0.2) is 4.79 Å². The topological polar surface area (TPSA) is 99.9 Å². The molecule has 2 aromatic carbocycles. The highest BCUT2D eigenvalue weighted by Gasteiger charge is 2.24. The molecular formula is C22H19BrN4O3. The smallest absolute Gasteiger partial charge is 0.328 e. The zero-order valence-electron chi connectivity index (χ0n) is 16.1. The van der Waals surface area contributed by atoms with Crippen LogP contribution in [0.1, 0.15) is 16.1 Å². The van der Waals surface area contributed by atoms with Crippen LogP contribution in [0.5, 0.6) is 0 Å². The molecule has 2 aromatic heterocycles. The largest absolute Gasteiger partial charge is 0.467 e. The molecule has 8 heteroatoms. The molecule has 0 unspecified atom stereocenters. The first-order valence-electron chi connectivity index (χ1n) is 9.30. The highest BCUT2D eigenvalue weighted by Crippen LogP contribution is 2.21.